The summed E-state index contributed by atoms with van der Waals surface area (Å²) in [6.07, 6.45) is 3.57. The lowest BCUT2D eigenvalue weighted by Gasteiger charge is -2.38. The smallest absolute Gasteiger partial charge is 0.180 e. The van der Waals surface area contributed by atoms with E-state index in [-0.39, 0.29) is 17.3 Å². The average molecular weight is 524 g/mol. The van der Waals surface area contributed by atoms with Crippen LogP contribution >= 0.6 is 0 Å². The van der Waals surface area contributed by atoms with Crippen LogP contribution < -0.4 is 9.64 Å². The van der Waals surface area contributed by atoms with Crippen molar-refractivity contribution in [2.45, 2.75) is 45.7 Å². The highest BCUT2D eigenvalue weighted by atomic mass is 19.1. The minimum atomic E-state index is -1.61. The Labute approximate surface area is 227 Å². The molecule has 0 N–H and O–H groups in total. The number of ketones is 3. The Bertz CT molecular complexity index is 1530. The molecule has 39 heavy (non-hydrogen) atoms. The number of benzene rings is 3. The second kappa shape index (κ2) is 8.73. The van der Waals surface area contributed by atoms with Crippen molar-refractivity contribution in [3.05, 3.63) is 101 Å². The molecule has 1 fully saturated rings. The van der Waals surface area contributed by atoms with Gasteiger partial charge in [0.05, 0.1) is 18.7 Å². The van der Waals surface area contributed by atoms with Gasteiger partial charge in [-0.25, -0.2) is 4.39 Å². The molecule has 3 aromatic carbocycles. The molecule has 2 heterocycles. The molecule has 1 spiro atoms. The Morgan fingerprint density at radius 2 is 1.62 bits per heavy atom. The summed E-state index contributed by atoms with van der Waals surface area (Å²) >= 11 is 0. The van der Waals surface area contributed by atoms with Crippen molar-refractivity contribution >= 4 is 29.1 Å². The van der Waals surface area contributed by atoms with Crippen molar-refractivity contribution in [1.82, 2.24) is 0 Å². The summed E-state index contributed by atoms with van der Waals surface area (Å²) < 4.78 is 20.3. The average Bonchev–Trinajstić information content (AvgIpc) is 3.34. The number of carbonyl (C=O) groups is 3. The van der Waals surface area contributed by atoms with Crippen LogP contribution in [0.15, 0.2) is 72.8 Å². The fraction of sp³-hybridized carbons (Fsp3) is 0.303. The third-order valence-corrected chi connectivity index (χ3v) is 8.33. The Kier molecular flexibility index (Phi) is 5.65. The molecule has 3 aromatic rings. The summed E-state index contributed by atoms with van der Waals surface area (Å²) in [7, 11) is 0. The monoisotopic (exact) mass is 523 g/mol. The molecule has 1 aliphatic carbocycles. The fourth-order valence-corrected chi connectivity index (χ4v) is 6.76. The molecule has 0 saturated carbocycles. The van der Waals surface area contributed by atoms with Gasteiger partial charge in [-0.05, 0) is 31.2 Å². The molecule has 0 radical (unpaired) electrons. The first-order valence-corrected chi connectivity index (χ1v) is 13.3. The molecule has 6 rings (SSSR count). The van der Waals surface area contributed by atoms with Gasteiger partial charge in [0.1, 0.15) is 17.0 Å². The van der Waals surface area contributed by atoms with Crippen LogP contribution in [0.4, 0.5) is 10.1 Å². The number of Topliss-reactive ketones (excluding diaryl/α,β-unsaturated/α-hetero) is 3. The second-order valence-corrected chi connectivity index (χ2v) is 11.5. The Hall–Kier alpha value is -4.06. The molecular weight excluding hydrogens is 493 g/mol. The van der Waals surface area contributed by atoms with Crippen LogP contribution in [-0.2, 0) is 4.79 Å². The molecule has 0 unspecified atom stereocenters. The molecule has 0 bridgehead atoms. The molecule has 3 atom stereocenters. The van der Waals surface area contributed by atoms with Crippen LogP contribution in [0.2, 0.25) is 0 Å². The van der Waals surface area contributed by atoms with Gasteiger partial charge in [0.25, 0.3) is 0 Å². The summed E-state index contributed by atoms with van der Waals surface area (Å²) in [5.74, 6) is -1.41. The molecule has 5 nitrogen and oxygen atoms in total. The van der Waals surface area contributed by atoms with E-state index < -0.39 is 34.6 Å². The first-order valence-electron chi connectivity index (χ1n) is 13.3. The lowest BCUT2D eigenvalue weighted by atomic mass is 9.63. The van der Waals surface area contributed by atoms with Gasteiger partial charge in [-0.1, -0.05) is 75.4 Å². The van der Waals surface area contributed by atoms with E-state index in [0.717, 1.165) is 0 Å². The number of anilines is 1. The highest BCUT2D eigenvalue weighted by Crippen LogP contribution is 2.62. The predicted molar refractivity (Wildman–Crippen MR) is 148 cm³/mol. The zero-order valence-electron chi connectivity index (χ0n) is 22.4. The normalized spacial score (nSPS) is 22.6. The van der Waals surface area contributed by atoms with Crippen molar-refractivity contribution in [1.29, 1.82) is 0 Å². The van der Waals surface area contributed by atoms with Crippen LogP contribution in [0.3, 0.4) is 0 Å². The largest absolute Gasteiger partial charge is 0.494 e. The van der Waals surface area contributed by atoms with E-state index in [1.54, 1.807) is 42.5 Å². The minimum Gasteiger partial charge on any atom is -0.494 e. The van der Waals surface area contributed by atoms with Crippen molar-refractivity contribution < 1.29 is 23.5 Å². The van der Waals surface area contributed by atoms with Crippen LogP contribution in [0, 0.1) is 16.6 Å². The summed E-state index contributed by atoms with van der Waals surface area (Å²) in [4.78, 5) is 45.6. The van der Waals surface area contributed by atoms with E-state index in [9.17, 15) is 18.8 Å². The maximum Gasteiger partial charge on any atom is 0.180 e. The second-order valence-electron chi connectivity index (χ2n) is 11.5. The fourth-order valence-electron chi connectivity index (χ4n) is 6.76. The van der Waals surface area contributed by atoms with Gasteiger partial charge in [0, 0.05) is 39.3 Å². The SMILES string of the molecule is CCOc1ccccc1[C@@H]1[C@H](C(=O)C(C)(C)C)N2c3ccc(F)cc3C=C[C@@H]2C12C(=O)c1ccccc1C2=O. The van der Waals surface area contributed by atoms with Gasteiger partial charge < -0.3 is 9.64 Å². The van der Waals surface area contributed by atoms with Gasteiger partial charge in [-0.15, -0.1) is 0 Å². The third-order valence-electron chi connectivity index (χ3n) is 8.33. The molecule has 6 heteroatoms. The van der Waals surface area contributed by atoms with Crippen LogP contribution in [0.5, 0.6) is 5.75 Å². The standard InChI is InChI=1S/C33H30FNO4/c1-5-39-25-13-9-8-12-23(25)27-28(31(38)32(2,3)4)35-24-16-15-20(34)18-19(24)14-17-26(35)33(27)29(36)21-10-6-7-11-22(21)30(33)37/h6-18,26-28H,5H2,1-4H3/t26-,27-,28-/m1/s1. The topological polar surface area (TPSA) is 63.7 Å². The summed E-state index contributed by atoms with van der Waals surface area (Å²) in [6.45, 7) is 7.79. The number of hydrogen-bond acceptors (Lipinski definition) is 5. The maximum atomic E-state index is 14.6. The Morgan fingerprint density at radius 3 is 2.26 bits per heavy atom. The molecule has 3 aliphatic rings. The van der Waals surface area contributed by atoms with E-state index in [4.69, 9.17) is 4.74 Å². The molecule has 198 valence electrons. The van der Waals surface area contributed by atoms with Gasteiger partial charge in [0.2, 0.25) is 0 Å². The number of hydrogen-bond donors (Lipinski definition) is 0. The zero-order chi connectivity index (χ0) is 27.7. The summed E-state index contributed by atoms with van der Waals surface area (Å²) in [5.41, 5.74) is 0.194. The molecule has 0 aromatic heterocycles. The number of halogens is 1. The Balaban J connectivity index is 1.72. The van der Waals surface area contributed by atoms with Gasteiger partial charge in [-0.3, -0.25) is 14.4 Å². The van der Waals surface area contributed by atoms with E-state index in [2.05, 4.69) is 0 Å². The molecule has 0 amide bonds. The third kappa shape index (κ3) is 3.40. The van der Waals surface area contributed by atoms with E-state index in [0.29, 0.717) is 40.3 Å². The van der Waals surface area contributed by atoms with E-state index in [1.165, 1.54) is 12.1 Å². The number of para-hydroxylation sites is 1. The first kappa shape index (κ1) is 25.2. The molecular formula is C33H30FNO4. The van der Waals surface area contributed by atoms with E-state index in [1.807, 2.05) is 56.9 Å². The lowest BCUT2D eigenvalue weighted by molar-refractivity contribution is -0.127. The van der Waals surface area contributed by atoms with Crippen molar-refractivity contribution in [3.8, 4) is 5.75 Å². The quantitative estimate of drug-likeness (QED) is 0.377. The van der Waals surface area contributed by atoms with Crippen LogP contribution in [0.25, 0.3) is 6.08 Å². The maximum absolute atomic E-state index is 14.6. The number of carbonyl (C=O) groups excluding carboxylic acids is 3. The summed E-state index contributed by atoms with van der Waals surface area (Å²) in [5, 5.41) is 0. The molecule has 1 saturated heterocycles. The lowest BCUT2D eigenvalue weighted by Crippen LogP contribution is -2.49. The first-order chi connectivity index (χ1) is 18.6. The van der Waals surface area contributed by atoms with Gasteiger partial charge in [0.15, 0.2) is 17.3 Å². The predicted octanol–water partition coefficient (Wildman–Crippen LogP) is 6.27. The number of fused-ring (bicyclic) bond motifs is 5. The van der Waals surface area contributed by atoms with Crippen LogP contribution in [0.1, 0.15) is 65.5 Å². The van der Waals surface area contributed by atoms with Crippen LogP contribution in [-0.4, -0.2) is 36.0 Å². The van der Waals surface area contributed by atoms with E-state index >= 15 is 0 Å². The number of nitrogens with zero attached hydrogens (tertiary/aromatic N) is 1. The van der Waals surface area contributed by atoms with Crippen molar-refractivity contribution in [3.63, 3.8) is 0 Å². The minimum absolute atomic E-state index is 0.109. The zero-order valence-corrected chi connectivity index (χ0v) is 22.4. The molecule has 2 aliphatic heterocycles. The highest BCUT2D eigenvalue weighted by molar-refractivity contribution is 6.32. The van der Waals surface area contributed by atoms with Crippen molar-refractivity contribution in [2.24, 2.45) is 10.8 Å². The van der Waals surface area contributed by atoms with Crippen molar-refractivity contribution in [2.75, 3.05) is 11.5 Å². The Morgan fingerprint density at radius 1 is 0.974 bits per heavy atom. The highest BCUT2D eigenvalue weighted by Gasteiger charge is 2.72. The summed E-state index contributed by atoms with van der Waals surface area (Å²) in [6, 6.07) is 17.0. The number of ether oxygens (including phenoxy) is 1. The van der Waals surface area contributed by atoms with Gasteiger partial charge in [-0.2, -0.15) is 0 Å². The van der Waals surface area contributed by atoms with Gasteiger partial charge >= 0.3 is 0 Å². The number of rotatable bonds is 4.